The second-order valence-electron chi connectivity index (χ2n) is 6.04. The molecule has 88 valence electrons. The zero-order valence-corrected chi connectivity index (χ0v) is 10.4. The number of hydrogen-bond acceptors (Lipinski definition) is 0. The summed E-state index contributed by atoms with van der Waals surface area (Å²) in [6.07, 6.45) is 21.4. The van der Waals surface area contributed by atoms with Gasteiger partial charge >= 0.3 is 0 Å². The van der Waals surface area contributed by atoms with Gasteiger partial charge in [-0.15, -0.1) is 0 Å². The summed E-state index contributed by atoms with van der Waals surface area (Å²) in [5.74, 6) is 0. The number of rotatable bonds is 0. The van der Waals surface area contributed by atoms with Crippen LogP contribution in [-0.2, 0) is 0 Å². The van der Waals surface area contributed by atoms with Crippen molar-refractivity contribution >= 4 is 0 Å². The normalized spacial score (nSPS) is 28.8. The van der Waals surface area contributed by atoms with Gasteiger partial charge in [0.15, 0.2) is 0 Å². The molecule has 0 atom stereocenters. The third-order valence-electron chi connectivity index (χ3n) is 4.83. The molecule has 2 rings (SSSR count). The summed E-state index contributed by atoms with van der Waals surface area (Å²) in [5, 5.41) is 0. The van der Waals surface area contributed by atoms with E-state index in [-0.39, 0.29) is 0 Å². The summed E-state index contributed by atoms with van der Waals surface area (Å²) in [7, 11) is 0. The van der Waals surface area contributed by atoms with Gasteiger partial charge < -0.3 is 0 Å². The molecular weight excluding hydrogens is 180 g/mol. The summed E-state index contributed by atoms with van der Waals surface area (Å²) >= 11 is 0. The van der Waals surface area contributed by atoms with E-state index in [9.17, 15) is 0 Å². The van der Waals surface area contributed by atoms with Crippen molar-refractivity contribution in [1.82, 2.24) is 0 Å². The maximum Gasteiger partial charge on any atom is -0.0297 e. The Hall–Kier alpha value is 0. The highest BCUT2D eigenvalue weighted by Crippen LogP contribution is 2.49. The quantitative estimate of drug-likeness (QED) is 0.496. The molecule has 0 aliphatic heterocycles. The van der Waals surface area contributed by atoms with Crippen molar-refractivity contribution in [3.05, 3.63) is 0 Å². The minimum atomic E-state index is 0.846. The molecule has 1 spiro atoms. The second-order valence-corrected chi connectivity index (χ2v) is 6.04. The van der Waals surface area contributed by atoms with Gasteiger partial charge in [0.2, 0.25) is 0 Å². The van der Waals surface area contributed by atoms with Crippen LogP contribution in [0.2, 0.25) is 0 Å². The minimum absolute atomic E-state index is 0.846. The first-order chi connectivity index (χ1) is 7.41. The van der Waals surface area contributed by atoms with E-state index in [1.807, 2.05) is 0 Å². The Balaban J connectivity index is 1.75. The highest BCUT2D eigenvalue weighted by Gasteiger charge is 2.35. The molecule has 0 aromatic rings. The van der Waals surface area contributed by atoms with Crippen LogP contribution in [-0.4, -0.2) is 0 Å². The van der Waals surface area contributed by atoms with Gasteiger partial charge in [0.25, 0.3) is 0 Å². The monoisotopic (exact) mass is 208 g/mol. The molecule has 2 fully saturated rings. The molecule has 0 amide bonds. The Morgan fingerprint density at radius 1 is 0.333 bits per heavy atom. The van der Waals surface area contributed by atoms with Crippen molar-refractivity contribution in [2.24, 2.45) is 5.41 Å². The van der Waals surface area contributed by atoms with Gasteiger partial charge in [0.05, 0.1) is 0 Å². The van der Waals surface area contributed by atoms with Crippen LogP contribution in [0.4, 0.5) is 0 Å². The molecule has 0 saturated heterocycles. The van der Waals surface area contributed by atoms with Crippen LogP contribution in [0.1, 0.15) is 89.9 Å². The topological polar surface area (TPSA) is 0 Å². The zero-order valence-electron chi connectivity index (χ0n) is 10.4. The minimum Gasteiger partial charge on any atom is -0.0533 e. The lowest BCUT2D eigenvalue weighted by Crippen LogP contribution is -2.29. The molecular formula is C15H28. The molecule has 0 aromatic heterocycles. The lowest BCUT2D eigenvalue weighted by Gasteiger charge is -2.42. The van der Waals surface area contributed by atoms with Gasteiger partial charge in [-0.3, -0.25) is 0 Å². The highest BCUT2D eigenvalue weighted by atomic mass is 14.4. The van der Waals surface area contributed by atoms with Gasteiger partial charge in [-0.1, -0.05) is 64.2 Å². The molecule has 2 aliphatic rings. The maximum atomic E-state index is 1.56. The smallest absolute Gasteiger partial charge is 0.0297 e. The van der Waals surface area contributed by atoms with Gasteiger partial charge in [0, 0.05) is 0 Å². The summed E-state index contributed by atoms with van der Waals surface area (Å²) in [4.78, 5) is 0. The lowest BCUT2D eigenvalue weighted by atomic mass is 9.63. The second kappa shape index (κ2) is 5.92. The van der Waals surface area contributed by atoms with E-state index < -0.39 is 0 Å². The Morgan fingerprint density at radius 3 is 1.00 bits per heavy atom. The molecule has 0 radical (unpaired) electrons. The fourth-order valence-corrected chi connectivity index (χ4v) is 3.54. The summed E-state index contributed by atoms with van der Waals surface area (Å²) in [6, 6.07) is 0. The van der Waals surface area contributed by atoms with Gasteiger partial charge in [-0.2, -0.15) is 0 Å². The summed E-state index contributed by atoms with van der Waals surface area (Å²) in [5.41, 5.74) is 0.846. The molecule has 2 saturated carbocycles. The Labute approximate surface area is 95.8 Å². The van der Waals surface area contributed by atoms with Crippen LogP contribution in [0.25, 0.3) is 0 Å². The molecule has 0 heteroatoms. The molecule has 0 unspecified atom stereocenters. The van der Waals surface area contributed by atoms with E-state index in [1.165, 1.54) is 64.2 Å². The third-order valence-corrected chi connectivity index (χ3v) is 4.83. The predicted molar refractivity (Wildman–Crippen MR) is 67.1 cm³/mol. The standard InChI is InChI=1S/C15H28/c1-2-4-6-8-11-15(13-10-14-15)12-9-7-5-3-1/h1-14H2. The van der Waals surface area contributed by atoms with E-state index in [2.05, 4.69) is 0 Å². The molecule has 0 heterocycles. The maximum absolute atomic E-state index is 1.56. The van der Waals surface area contributed by atoms with Crippen molar-refractivity contribution in [2.75, 3.05) is 0 Å². The Kier molecular flexibility index (Phi) is 4.53. The van der Waals surface area contributed by atoms with Crippen LogP contribution >= 0.6 is 0 Å². The molecule has 0 aromatic carbocycles. The van der Waals surface area contributed by atoms with Gasteiger partial charge in [-0.05, 0) is 31.1 Å². The fraction of sp³-hybridized carbons (Fsp3) is 1.00. The van der Waals surface area contributed by atoms with E-state index in [0.29, 0.717) is 0 Å². The largest absolute Gasteiger partial charge is 0.0533 e. The van der Waals surface area contributed by atoms with Crippen molar-refractivity contribution < 1.29 is 0 Å². The molecule has 15 heavy (non-hydrogen) atoms. The molecule has 0 N–H and O–H groups in total. The molecule has 0 bridgehead atoms. The van der Waals surface area contributed by atoms with Crippen molar-refractivity contribution in [1.29, 1.82) is 0 Å². The fourth-order valence-electron chi connectivity index (χ4n) is 3.54. The van der Waals surface area contributed by atoms with E-state index >= 15 is 0 Å². The van der Waals surface area contributed by atoms with E-state index in [1.54, 1.807) is 25.7 Å². The first kappa shape index (κ1) is 11.5. The predicted octanol–water partition coefficient (Wildman–Crippen LogP) is 5.46. The zero-order chi connectivity index (χ0) is 10.4. The first-order valence-corrected chi connectivity index (χ1v) is 7.41. The summed E-state index contributed by atoms with van der Waals surface area (Å²) in [6.45, 7) is 0. The van der Waals surface area contributed by atoms with Gasteiger partial charge in [0.1, 0.15) is 0 Å². The summed E-state index contributed by atoms with van der Waals surface area (Å²) < 4.78 is 0. The SMILES string of the molecule is C1CCCCCC2(CCCCC1)CCC2. The van der Waals surface area contributed by atoms with E-state index in [0.717, 1.165) is 5.41 Å². The van der Waals surface area contributed by atoms with Crippen LogP contribution in [0, 0.1) is 5.41 Å². The average Bonchev–Trinajstić information content (AvgIpc) is 2.16. The van der Waals surface area contributed by atoms with Crippen LogP contribution in [0.5, 0.6) is 0 Å². The molecule has 0 nitrogen and oxygen atoms in total. The first-order valence-electron chi connectivity index (χ1n) is 7.41. The average molecular weight is 208 g/mol. The van der Waals surface area contributed by atoms with E-state index in [4.69, 9.17) is 0 Å². The van der Waals surface area contributed by atoms with Crippen LogP contribution < -0.4 is 0 Å². The highest BCUT2D eigenvalue weighted by molar-refractivity contribution is 4.87. The lowest BCUT2D eigenvalue weighted by molar-refractivity contribution is 0.0971. The third kappa shape index (κ3) is 3.50. The van der Waals surface area contributed by atoms with Crippen LogP contribution in [0.3, 0.4) is 0 Å². The Morgan fingerprint density at radius 2 is 0.667 bits per heavy atom. The van der Waals surface area contributed by atoms with Gasteiger partial charge in [-0.25, -0.2) is 0 Å². The van der Waals surface area contributed by atoms with Crippen LogP contribution in [0.15, 0.2) is 0 Å². The Bertz CT molecular complexity index is 153. The molecule has 2 aliphatic carbocycles. The van der Waals surface area contributed by atoms with Crippen molar-refractivity contribution in [3.63, 3.8) is 0 Å². The number of hydrogen-bond donors (Lipinski definition) is 0. The van der Waals surface area contributed by atoms with Crippen molar-refractivity contribution in [2.45, 2.75) is 89.9 Å². The van der Waals surface area contributed by atoms with Crippen molar-refractivity contribution in [3.8, 4) is 0 Å².